The Labute approximate surface area is 153 Å². The van der Waals surface area contributed by atoms with Crippen molar-refractivity contribution in [2.45, 2.75) is 18.9 Å². The molecule has 0 atom stereocenters. The minimum absolute atomic E-state index is 0.184. The van der Waals surface area contributed by atoms with Crippen molar-refractivity contribution in [2.24, 2.45) is 0 Å². The Hall–Kier alpha value is -2.04. The van der Waals surface area contributed by atoms with Gasteiger partial charge < -0.3 is 10.2 Å². The third-order valence-corrected chi connectivity index (χ3v) is 5.32. The number of nitrogens with one attached hydrogen (secondary N) is 1. The Morgan fingerprint density at radius 3 is 2.28 bits per heavy atom. The number of carbonyl (C=O) groups is 1. The number of carbonyl (C=O) groups excluding carboxylic acids is 1. The molecule has 2 aliphatic rings. The number of anilines is 2. The van der Waals surface area contributed by atoms with Crippen LogP contribution in [0.3, 0.4) is 0 Å². The fourth-order valence-corrected chi connectivity index (χ4v) is 3.61. The van der Waals surface area contributed by atoms with Crippen LogP contribution >= 0.6 is 11.6 Å². The van der Waals surface area contributed by atoms with Gasteiger partial charge in [0.2, 0.25) is 0 Å². The largest absolute Gasteiger partial charge is 0.369 e. The summed E-state index contributed by atoms with van der Waals surface area (Å²) in [6.45, 7) is 4.44. The van der Waals surface area contributed by atoms with Gasteiger partial charge in [-0.1, -0.05) is 23.7 Å². The van der Waals surface area contributed by atoms with Crippen LogP contribution in [0.4, 0.5) is 11.4 Å². The minimum atomic E-state index is -0.184. The first-order valence-electron chi connectivity index (χ1n) is 8.86. The predicted octanol–water partition coefficient (Wildman–Crippen LogP) is 3.88. The third-order valence-electron chi connectivity index (χ3n) is 4.99. The lowest BCUT2D eigenvalue weighted by Crippen LogP contribution is -2.47. The standard InChI is InChI=1S/C20H22ClN3O/c21-19-4-2-1-3-18(19)20(25)22-15-5-7-16(8-6-15)23-11-13-24(14-12-23)17-9-10-17/h1-8,17H,9-14H2,(H,22,25). The van der Waals surface area contributed by atoms with Gasteiger partial charge in [0, 0.05) is 43.6 Å². The number of amides is 1. The van der Waals surface area contributed by atoms with Crippen LogP contribution in [0.2, 0.25) is 5.02 Å². The molecule has 2 aromatic carbocycles. The number of nitrogens with zero attached hydrogens (tertiary/aromatic N) is 2. The number of hydrogen-bond donors (Lipinski definition) is 1. The van der Waals surface area contributed by atoms with Crippen LogP contribution in [0, 0.1) is 0 Å². The zero-order valence-corrected chi connectivity index (χ0v) is 14.9. The average Bonchev–Trinajstić information content (AvgIpc) is 3.48. The van der Waals surface area contributed by atoms with Gasteiger partial charge in [0.15, 0.2) is 0 Å². The summed E-state index contributed by atoms with van der Waals surface area (Å²) in [7, 11) is 0. The molecule has 2 fully saturated rings. The summed E-state index contributed by atoms with van der Waals surface area (Å²) in [5.74, 6) is -0.184. The zero-order valence-electron chi connectivity index (χ0n) is 14.1. The van der Waals surface area contributed by atoms with Crippen LogP contribution in [-0.4, -0.2) is 43.0 Å². The number of rotatable bonds is 4. The number of benzene rings is 2. The SMILES string of the molecule is O=C(Nc1ccc(N2CCN(C3CC3)CC2)cc1)c1ccccc1Cl. The van der Waals surface area contributed by atoms with Gasteiger partial charge in [-0.25, -0.2) is 0 Å². The molecule has 1 N–H and O–H groups in total. The summed E-state index contributed by atoms with van der Waals surface area (Å²) in [4.78, 5) is 17.3. The zero-order chi connectivity index (χ0) is 17.2. The number of halogens is 1. The third kappa shape index (κ3) is 3.80. The first-order chi connectivity index (χ1) is 12.2. The molecule has 0 bridgehead atoms. The van der Waals surface area contributed by atoms with E-state index in [9.17, 15) is 4.79 Å². The number of piperazine rings is 1. The summed E-state index contributed by atoms with van der Waals surface area (Å²) < 4.78 is 0. The molecule has 1 saturated carbocycles. The molecular weight excluding hydrogens is 334 g/mol. The van der Waals surface area contributed by atoms with E-state index in [2.05, 4.69) is 27.2 Å². The van der Waals surface area contributed by atoms with Gasteiger partial charge in [-0.15, -0.1) is 0 Å². The van der Waals surface area contributed by atoms with Crippen LogP contribution in [0.25, 0.3) is 0 Å². The van der Waals surface area contributed by atoms with E-state index >= 15 is 0 Å². The second-order valence-corrected chi connectivity index (χ2v) is 7.14. The summed E-state index contributed by atoms with van der Waals surface area (Å²) >= 11 is 6.08. The molecule has 5 heteroatoms. The minimum Gasteiger partial charge on any atom is -0.369 e. The van der Waals surface area contributed by atoms with E-state index in [1.54, 1.807) is 12.1 Å². The smallest absolute Gasteiger partial charge is 0.257 e. The van der Waals surface area contributed by atoms with Crippen molar-refractivity contribution in [3.05, 3.63) is 59.1 Å². The van der Waals surface area contributed by atoms with E-state index in [1.165, 1.54) is 18.5 Å². The summed E-state index contributed by atoms with van der Waals surface area (Å²) in [6.07, 6.45) is 2.75. The van der Waals surface area contributed by atoms with Crippen LogP contribution in [0.15, 0.2) is 48.5 Å². The fourth-order valence-electron chi connectivity index (χ4n) is 3.38. The summed E-state index contributed by atoms with van der Waals surface area (Å²) in [6, 6.07) is 16.0. The Morgan fingerprint density at radius 2 is 1.64 bits per heavy atom. The Kier molecular flexibility index (Phi) is 4.64. The van der Waals surface area contributed by atoms with Gasteiger partial charge in [0.05, 0.1) is 10.6 Å². The molecule has 0 spiro atoms. The Morgan fingerprint density at radius 1 is 0.960 bits per heavy atom. The summed E-state index contributed by atoms with van der Waals surface area (Å²) in [5, 5.41) is 3.37. The van der Waals surface area contributed by atoms with Crippen molar-refractivity contribution in [2.75, 3.05) is 36.4 Å². The van der Waals surface area contributed by atoms with Gasteiger partial charge >= 0.3 is 0 Å². The Balaban J connectivity index is 1.37. The molecule has 0 aromatic heterocycles. The lowest BCUT2D eigenvalue weighted by atomic mass is 10.2. The second-order valence-electron chi connectivity index (χ2n) is 6.74. The molecule has 25 heavy (non-hydrogen) atoms. The van der Waals surface area contributed by atoms with Crippen molar-refractivity contribution < 1.29 is 4.79 Å². The van der Waals surface area contributed by atoms with Crippen molar-refractivity contribution >= 4 is 28.9 Å². The molecule has 1 saturated heterocycles. The average molecular weight is 356 g/mol. The van der Waals surface area contributed by atoms with Crippen LogP contribution in [-0.2, 0) is 0 Å². The van der Waals surface area contributed by atoms with E-state index < -0.39 is 0 Å². The molecule has 1 aliphatic carbocycles. The van der Waals surface area contributed by atoms with Gasteiger partial charge in [-0.3, -0.25) is 9.69 Å². The highest BCUT2D eigenvalue weighted by atomic mass is 35.5. The fraction of sp³-hybridized carbons (Fsp3) is 0.350. The maximum Gasteiger partial charge on any atom is 0.257 e. The maximum absolute atomic E-state index is 12.3. The molecule has 4 rings (SSSR count). The lowest BCUT2D eigenvalue weighted by molar-refractivity contribution is 0.102. The molecule has 0 radical (unpaired) electrons. The predicted molar refractivity (Wildman–Crippen MR) is 103 cm³/mol. The van der Waals surface area contributed by atoms with Crippen molar-refractivity contribution in [3.8, 4) is 0 Å². The van der Waals surface area contributed by atoms with E-state index in [0.717, 1.165) is 37.9 Å². The van der Waals surface area contributed by atoms with Gasteiger partial charge in [-0.05, 0) is 49.2 Å². The molecule has 130 valence electrons. The van der Waals surface area contributed by atoms with Gasteiger partial charge in [-0.2, -0.15) is 0 Å². The van der Waals surface area contributed by atoms with Crippen molar-refractivity contribution in [1.82, 2.24) is 4.90 Å². The molecule has 1 heterocycles. The number of hydrogen-bond acceptors (Lipinski definition) is 3. The lowest BCUT2D eigenvalue weighted by Gasteiger charge is -2.36. The topological polar surface area (TPSA) is 35.6 Å². The molecule has 2 aromatic rings. The van der Waals surface area contributed by atoms with Crippen LogP contribution in [0.5, 0.6) is 0 Å². The maximum atomic E-state index is 12.3. The van der Waals surface area contributed by atoms with E-state index in [0.29, 0.717) is 10.6 Å². The van der Waals surface area contributed by atoms with E-state index in [1.807, 2.05) is 24.3 Å². The highest BCUT2D eigenvalue weighted by Gasteiger charge is 2.31. The quantitative estimate of drug-likeness (QED) is 0.904. The Bertz CT molecular complexity index is 750. The second kappa shape index (κ2) is 7.06. The summed E-state index contributed by atoms with van der Waals surface area (Å²) in [5.41, 5.74) is 2.49. The van der Waals surface area contributed by atoms with E-state index in [-0.39, 0.29) is 5.91 Å². The van der Waals surface area contributed by atoms with Gasteiger partial charge in [0.25, 0.3) is 5.91 Å². The van der Waals surface area contributed by atoms with E-state index in [4.69, 9.17) is 11.6 Å². The molecular formula is C20H22ClN3O. The van der Waals surface area contributed by atoms with Crippen molar-refractivity contribution in [3.63, 3.8) is 0 Å². The highest BCUT2D eigenvalue weighted by Crippen LogP contribution is 2.29. The van der Waals surface area contributed by atoms with Crippen LogP contribution < -0.4 is 10.2 Å². The molecule has 1 aliphatic heterocycles. The first kappa shape index (κ1) is 16.4. The van der Waals surface area contributed by atoms with Crippen LogP contribution in [0.1, 0.15) is 23.2 Å². The first-order valence-corrected chi connectivity index (χ1v) is 9.23. The molecule has 1 amide bonds. The normalized spacial score (nSPS) is 18.2. The molecule has 0 unspecified atom stereocenters. The monoisotopic (exact) mass is 355 g/mol. The van der Waals surface area contributed by atoms with Crippen molar-refractivity contribution in [1.29, 1.82) is 0 Å². The highest BCUT2D eigenvalue weighted by molar-refractivity contribution is 6.34. The molecule has 4 nitrogen and oxygen atoms in total. The van der Waals surface area contributed by atoms with Gasteiger partial charge in [0.1, 0.15) is 0 Å².